The largest absolute Gasteiger partial charge is 0.377 e. The van der Waals surface area contributed by atoms with Gasteiger partial charge in [0.1, 0.15) is 5.54 Å². The predicted octanol–water partition coefficient (Wildman–Crippen LogP) is 2.30. The van der Waals surface area contributed by atoms with Crippen molar-refractivity contribution in [1.29, 1.82) is 5.26 Å². The molecule has 1 aliphatic heterocycles. The van der Waals surface area contributed by atoms with Gasteiger partial charge in [-0.05, 0) is 57.9 Å². The fourth-order valence-electron chi connectivity index (χ4n) is 4.05. The van der Waals surface area contributed by atoms with Gasteiger partial charge in [0.05, 0.1) is 12.2 Å². The summed E-state index contributed by atoms with van der Waals surface area (Å²) < 4.78 is 5.72. The van der Waals surface area contributed by atoms with Crippen LogP contribution in [0.3, 0.4) is 0 Å². The minimum Gasteiger partial charge on any atom is -0.377 e. The van der Waals surface area contributed by atoms with E-state index in [1.165, 1.54) is 25.7 Å². The Balaban J connectivity index is 1.54. The molecule has 0 aromatic rings. The molecule has 1 heterocycles. The molecule has 4 nitrogen and oxygen atoms in total. The van der Waals surface area contributed by atoms with Crippen molar-refractivity contribution >= 4 is 0 Å². The molecule has 4 heteroatoms. The van der Waals surface area contributed by atoms with Gasteiger partial charge in [-0.2, -0.15) is 5.26 Å². The van der Waals surface area contributed by atoms with Crippen LogP contribution in [0.4, 0.5) is 0 Å². The summed E-state index contributed by atoms with van der Waals surface area (Å²) in [4.78, 5) is 2.54. The lowest BCUT2D eigenvalue weighted by Crippen LogP contribution is -2.49. The highest BCUT2D eigenvalue weighted by atomic mass is 16.5. The first-order chi connectivity index (χ1) is 10.2. The van der Waals surface area contributed by atoms with E-state index in [2.05, 4.69) is 23.2 Å². The minimum absolute atomic E-state index is 0.227. The molecule has 2 saturated carbocycles. The van der Waals surface area contributed by atoms with Gasteiger partial charge in [-0.1, -0.05) is 6.42 Å². The summed E-state index contributed by atoms with van der Waals surface area (Å²) in [5.74, 6) is 0.530. The molecule has 2 aliphatic carbocycles. The highest BCUT2D eigenvalue weighted by Crippen LogP contribution is 2.40. The normalized spacial score (nSPS) is 38.1. The first-order valence-electron chi connectivity index (χ1n) is 8.75. The van der Waals surface area contributed by atoms with Gasteiger partial charge >= 0.3 is 0 Å². The summed E-state index contributed by atoms with van der Waals surface area (Å²) in [7, 11) is 0. The van der Waals surface area contributed by atoms with E-state index in [-0.39, 0.29) is 5.54 Å². The number of hydrogen-bond donors (Lipinski definition) is 1. The lowest BCUT2D eigenvalue weighted by atomic mass is 9.85. The molecular weight excluding hydrogens is 262 g/mol. The Kier molecular flexibility index (Phi) is 4.83. The van der Waals surface area contributed by atoms with E-state index in [9.17, 15) is 5.26 Å². The highest BCUT2D eigenvalue weighted by Gasteiger charge is 2.45. The number of nitrogens with one attached hydrogen (secondary N) is 1. The third-order valence-electron chi connectivity index (χ3n) is 5.39. The van der Waals surface area contributed by atoms with Crippen LogP contribution in [-0.2, 0) is 4.74 Å². The van der Waals surface area contributed by atoms with E-state index in [0.29, 0.717) is 18.1 Å². The second-order valence-electron chi connectivity index (χ2n) is 7.22. The average Bonchev–Trinajstić information content (AvgIpc) is 3.23. The molecule has 3 atom stereocenters. The third kappa shape index (κ3) is 3.77. The molecular formula is C17H29N3O. The molecule has 3 rings (SSSR count). The number of nitrogens with zero attached hydrogens (tertiary/aromatic N) is 2. The van der Waals surface area contributed by atoms with Crippen molar-refractivity contribution in [2.24, 2.45) is 5.92 Å². The lowest BCUT2D eigenvalue weighted by molar-refractivity contribution is 0.0665. The van der Waals surface area contributed by atoms with E-state index >= 15 is 0 Å². The van der Waals surface area contributed by atoms with Crippen LogP contribution in [0.5, 0.6) is 0 Å². The first kappa shape index (κ1) is 15.3. The second-order valence-corrected chi connectivity index (χ2v) is 7.22. The summed E-state index contributed by atoms with van der Waals surface area (Å²) in [6, 6.07) is 3.28. The molecule has 0 spiro atoms. The maximum atomic E-state index is 9.74. The Morgan fingerprint density at radius 1 is 1.33 bits per heavy atom. The quantitative estimate of drug-likeness (QED) is 0.844. The van der Waals surface area contributed by atoms with Crippen LogP contribution < -0.4 is 5.32 Å². The molecule has 0 aromatic heterocycles. The second kappa shape index (κ2) is 6.64. The summed E-state index contributed by atoms with van der Waals surface area (Å²) >= 11 is 0. The molecule has 21 heavy (non-hydrogen) atoms. The van der Waals surface area contributed by atoms with Crippen molar-refractivity contribution in [1.82, 2.24) is 10.2 Å². The Labute approximate surface area is 128 Å². The van der Waals surface area contributed by atoms with Gasteiger partial charge in [0.25, 0.3) is 0 Å². The maximum Gasteiger partial charge on any atom is 0.109 e. The predicted molar refractivity (Wildman–Crippen MR) is 82.9 cm³/mol. The Bertz CT molecular complexity index is 390. The fourth-order valence-corrected chi connectivity index (χ4v) is 4.05. The third-order valence-corrected chi connectivity index (χ3v) is 5.39. The zero-order valence-corrected chi connectivity index (χ0v) is 13.3. The van der Waals surface area contributed by atoms with E-state index in [4.69, 9.17) is 4.74 Å². The van der Waals surface area contributed by atoms with Crippen LogP contribution in [0.2, 0.25) is 0 Å². The number of hydrogen-bond acceptors (Lipinski definition) is 4. The van der Waals surface area contributed by atoms with Crippen molar-refractivity contribution in [3.63, 3.8) is 0 Å². The van der Waals surface area contributed by atoms with E-state index in [1.54, 1.807) is 0 Å². The van der Waals surface area contributed by atoms with Gasteiger partial charge < -0.3 is 9.64 Å². The van der Waals surface area contributed by atoms with Gasteiger partial charge in [-0.25, -0.2) is 0 Å². The summed E-state index contributed by atoms with van der Waals surface area (Å²) in [5.41, 5.74) is -0.227. The van der Waals surface area contributed by atoms with Crippen LogP contribution in [0, 0.1) is 17.2 Å². The van der Waals surface area contributed by atoms with Gasteiger partial charge in [0.15, 0.2) is 0 Å². The lowest BCUT2D eigenvalue weighted by Gasteiger charge is -2.32. The highest BCUT2D eigenvalue weighted by molar-refractivity contribution is 5.16. The number of rotatable bonds is 5. The van der Waals surface area contributed by atoms with Gasteiger partial charge in [0, 0.05) is 25.7 Å². The molecule has 3 unspecified atom stereocenters. The zero-order chi connectivity index (χ0) is 14.7. The summed E-state index contributed by atoms with van der Waals surface area (Å²) in [5, 5.41) is 13.4. The average molecular weight is 291 g/mol. The molecule has 0 aromatic carbocycles. The zero-order valence-electron chi connectivity index (χ0n) is 13.3. The van der Waals surface area contributed by atoms with Gasteiger partial charge in [-0.15, -0.1) is 0 Å². The van der Waals surface area contributed by atoms with Crippen LogP contribution >= 0.6 is 0 Å². The SMILES string of the molecule is CC1CN(CCC2CCCC2(C#N)NC2CC2)CCCO1. The Hall–Kier alpha value is -0.630. The summed E-state index contributed by atoms with van der Waals surface area (Å²) in [6.07, 6.45) is 8.63. The standard InChI is InChI=1S/C17H29N3O/c1-14-12-20(9-3-11-21-14)10-7-15-4-2-8-17(15,13-18)19-16-5-6-16/h14-16,19H,2-12H2,1H3. The minimum atomic E-state index is -0.227. The fraction of sp³-hybridized carbons (Fsp3) is 0.941. The molecule has 0 radical (unpaired) electrons. The van der Waals surface area contributed by atoms with Crippen molar-refractivity contribution in [3.8, 4) is 6.07 Å². The van der Waals surface area contributed by atoms with Crippen molar-refractivity contribution in [2.75, 3.05) is 26.2 Å². The monoisotopic (exact) mass is 291 g/mol. The molecule has 3 fully saturated rings. The van der Waals surface area contributed by atoms with Crippen molar-refractivity contribution < 1.29 is 4.74 Å². The molecule has 118 valence electrons. The number of nitriles is 1. The van der Waals surface area contributed by atoms with E-state index in [0.717, 1.165) is 45.5 Å². The van der Waals surface area contributed by atoms with Crippen molar-refractivity contribution in [2.45, 2.75) is 69.6 Å². The topological polar surface area (TPSA) is 48.3 Å². The summed E-state index contributed by atoms with van der Waals surface area (Å²) in [6.45, 7) is 6.37. The van der Waals surface area contributed by atoms with Crippen LogP contribution in [0.15, 0.2) is 0 Å². The Morgan fingerprint density at radius 3 is 2.95 bits per heavy atom. The van der Waals surface area contributed by atoms with Gasteiger partial charge in [-0.3, -0.25) is 5.32 Å². The molecule has 1 saturated heterocycles. The molecule has 1 N–H and O–H groups in total. The van der Waals surface area contributed by atoms with Crippen molar-refractivity contribution in [3.05, 3.63) is 0 Å². The van der Waals surface area contributed by atoms with E-state index < -0.39 is 0 Å². The smallest absolute Gasteiger partial charge is 0.109 e. The first-order valence-corrected chi connectivity index (χ1v) is 8.75. The number of ether oxygens (including phenoxy) is 1. The molecule has 0 amide bonds. The maximum absolute atomic E-state index is 9.74. The van der Waals surface area contributed by atoms with Crippen LogP contribution in [0.1, 0.15) is 51.9 Å². The molecule has 0 bridgehead atoms. The molecule has 3 aliphatic rings. The van der Waals surface area contributed by atoms with Gasteiger partial charge in [0.2, 0.25) is 0 Å². The van der Waals surface area contributed by atoms with Crippen LogP contribution in [-0.4, -0.2) is 48.8 Å². The van der Waals surface area contributed by atoms with Crippen LogP contribution in [0.25, 0.3) is 0 Å². The van der Waals surface area contributed by atoms with E-state index in [1.807, 2.05) is 0 Å². The Morgan fingerprint density at radius 2 is 2.19 bits per heavy atom.